The van der Waals surface area contributed by atoms with Crippen molar-refractivity contribution in [2.45, 2.75) is 39.5 Å². The van der Waals surface area contributed by atoms with Crippen molar-refractivity contribution >= 4 is 18.4 Å². The van der Waals surface area contributed by atoms with Crippen molar-refractivity contribution < 1.29 is 14.3 Å². The standard InChI is InChI=1S/C22H29NO3.ClH/c1-5-23(6-2)18(4)26-21(24)22(25-7-3,19-14-10-8-11-15-19)20-16-12-9-13-17-20;/h8-18H,5-7H2,1-4H3;1H. The Balaban J connectivity index is 0.00000364. The Hall–Kier alpha value is -1.88. The van der Waals surface area contributed by atoms with Gasteiger partial charge < -0.3 is 9.47 Å². The number of carbonyl (C=O) groups excluding carboxylic acids is 1. The van der Waals surface area contributed by atoms with Crippen molar-refractivity contribution in [1.29, 1.82) is 0 Å². The van der Waals surface area contributed by atoms with E-state index in [9.17, 15) is 4.79 Å². The van der Waals surface area contributed by atoms with Crippen molar-refractivity contribution in [2.75, 3.05) is 19.7 Å². The van der Waals surface area contributed by atoms with Crippen LogP contribution < -0.4 is 0 Å². The van der Waals surface area contributed by atoms with Crippen LogP contribution in [-0.4, -0.2) is 36.8 Å². The Morgan fingerprint density at radius 2 is 1.37 bits per heavy atom. The van der Waals surface area contributed by atoms with Crippen LogP contribution in [0.5, 0.6) is 0 Å². The third-order valence-corrected chi connectivity index (χ3v) is 4.61. The third-order valence-electron chi connectivity index (χ3n) is 4.61. The van der Waals surface area contributed by atoms with Gasteiger partial charge in [-0.2, -0.15) is 0 Å². The van der Waals surface area contributed by atoms with Gasteiger partial charge in [-0.1, -0.05) is 74.5 Å². The molecule has 0 amide bonds. The van der Waals surface area contributed by atoms with Crippen LogP contribution >= 0.6 is 12.4 Å². The van der Waals surface area contributed by atoms with Crippen LogP contribution in [0.1, 0.15) is 38.8 Å². The molecule has 0 heterocycles. The van der Waals surface area contributed by atoms with Crippen molar-refractivity contribution in [3.63, 3.8) is 0 Å². The fourth-order valence-corrected chi connectivity index (χ4v) is 3.24. The molecule has 0 aliphatic heterocycles. The second-order valence-electron chi connectivity index (χ2n) is 6.07. The van der Waals surface area contributed by atoms with Crippen molar-refractivity contribution in [1.82, 2.24) is 4.90 Å². The molecule has 0 aliphatic rings. The van der Waals surface area contributed by atoms with Gasteiger partial charge in [0.1, 0.15) is 0 Å². The summed E-state index contributed by atoms with van der Waals surface area (Å²) in [4.78, 5) is 15.5. The maximum Gasteiger partial charge on any atom is 0.349 e. The molecule has 4 nitrogen and oxygen atoms in total. The quantitative estimate of drug-likeness (QED) is 0.462. The summed E-state index contributed by atoms with van der Waals surface area (Å²) >= 11 is 0. The van der Waals surface area contributed by atoms with E-state index in [1.54, 1.807) is 0 Å². The van der Waals surface area contributed by atoms with Gasteiger partial charge in [-0.3, -0.25) is 4.90 Å². The number of nitrogens with zero attached hydrogens (tertiary/aromatic N) is 1. The summed E-state index contributed by atoms with van der Waals surface area (Å²) in [6, 6.07) is 19.1. The van der Waals surface area contributed by atoms with Gasteiger partial charge in [-0.25, -0.2) is 4.79 Å². The second kappa shape index (κ2) is 11.1. The fourth-order valence-electron chi connectivity index (χ4n) is 3.24. The summed E-state index contributed by atoms with van der Waals surface area (Å²) in [5.41, 5.74) is 0.258. The van der Waals surface area contributed by atoms with E-state index >= 15 is 0 Å². The Morgan fingerprint density at radius 1 is 0.926 bits per heavy atom. The van der Waals surface area contributed by atoms with Crippen molar-refractivity contribution in [2.24, 2.45) is 0 Å². The number of benzene rings is 2. The molecule has 0 radical (unpaired) electrons. The smallest absolute Gasteiger partial charge is 0.349 e. The molecule has 1 atom stereocenters. The summed E-state index contributed by atoms with van der Waals surface area (Å²) < 4.78 is 12.0. The fraction of sp³-hybridized carbons (Fsp3) is 0.409. The lowest BCUT2D eigenvalue weighted by Gasteiger charge is -2.35. The Labute approximate surface area is 168 Å². The number of esters is 1. The Bertz CT molecular complexity index is 635. The molecule has 0 aromatic heterocycles. The topological polar surface area (TPSA) is 38.8 Å². The molecular formula is C22H30ClNO3. The zero-order valence-corrected chi connectivity index (χ0v) is 17.4. The molecule has 27 heavy (non-hydrogen) atoms. The highest BCUT2D eigenvalue weighted by Crippen LogP contribution is 2.35. The molecular weight excluding hydrogens is 362 g/mol. The van der Waals surface area contributed by atoms with Gasteiger partial charge in [0.15, 0.2) is 6.23 Å². The molecule has 0 aliphatic carbocycles. The molecule has 2 rings (SSSR count). The maximum absolute atomic E-state index is 13.4. The lowest BCUT2D eigenvalue weighted by Crippen LogP contribution is -2.46. The lowest BCUT2D eigenvalue weighted by atomic mass is 9.86. The van der Waals surface area contributed by atoms with E-state index in [-0.39, 0.29) is 18.6 Å². The van der Waals surface area contributed by atoms with Gasteiger partial charge in [0.2, 0.25) is 5.60 Å². The molecule has 1 unspecified atom stereocenters. The van der Waals surface area contributed by atoms with E-state index in [4.69, 9.17) is 9.47 Å². The molecule has 2 aromatic carbocycles. The third kappa shape index (κ3) is 5.10. The number of rotatable bonds is 9. The van der Waals surface area contributed by atoms with Crippen LogP contribution in [0.4, 0.5) is 0 Å². The maximum atomic E-state index is 13.4. The normalized spacial score (nSPS) is 12.3. The first-order valence-electron chi connectivity index (χ1n) is 9.30. The Morgan fingerprint density at radius 3 is 1.74 bits per heavy atom. The minimum absolute atomic E-state index is 0. The highest BCUT2D eigenvalue weighted by Gasteiger charge is 2.45. The first kappa shape index (κ1) is 23.2. The molecule has 0 bridgehead atoms. The first-order valence-corrected chi connectivity index (χ1v) is 9.30. The van der Waals surface area contributed by atoms with Gasteiger partial charge >= 0.3 is 5.97 Å². The number of ether oxygens (including phenoxy) is 2. The van der Waals surface area contributed by atoms with Gasteiger partial charge in [0.25, 0.3) is 0 Å². The molecule has 0 saturated heterocycles. The molecule has 5 heteroatoms. The monoisotopic (exact) mass is 391 g/mol. The first-order chi connectivity index (χ1) is 12.6. The van der Waals surface area contributed by atoms with Crippen molar-refractivity contribution in [3.8, 4) is 0 Å². The van der Waals surface area contributed by atoms with E-state index in [0.717, 1.165) is 24.2 Å². The summed E-state index contributed by atoms with van der Waals surface area (Å²) in [5.74, 6) is -0.392. The minimum Gasteiger partial charge on any atom is -0.444 e. The summed E-state index contributed by atoms with van der Waals surface area (Å²) in [5, 5.41) is 0. The van der Waals surface area contributed by atoms with Crippen LogP contribution in [0.15, 0.2) is 60.7 Å². The Kier molecular flexibility index (Phi) is 9.50. The van der Waals surface area contributed by atoms with Gasteiger partial charge in [-0.05, 0) is 38.1 Å². The zero-order valence-electron chi connectivity index (χ0n) is 16.6. The van der Waals surface area contributed by atoms with Crippen molar-refractivity contribution in [3.05, 3.63) is 71.8 Å². The minimum atomic E-state index is -1.28. The summed E-state index contributed by atoms with van der Waals surface area (Å²) in [7, 11) is 0. The van der Waals surface area contributed by atoms with E-state index in [1.165, 1.54) is 0 Å². The number of halogens is 1. The van der Waals surface area contributed by atoms with E-state index in [2.05, 4.69) is 18.7 Å². The average molecular weight is 392 g/mol. The van der Waals surface area contributed by atoms with Crippen LogP contribution in [0.3, 0.4) is 0 Å². The second-order valence-corrected chi connectivity index (χ2v) is 6.07. The summed E-state index contributed by atoms with van der Waals surface area (Å²) in [6.07, 6.45) is -0.329. The van der Waals surface area contributed by atoms with Crippen LogP contribution in [0.25, 0.3) is 0 Å². The molecule has 0 fully saturated rings. The van der Waals surface area contributed by atoms with E-state index < -0.39 is 11.6 Å². The van der Waals surface area contributed by atoms with Crippen LogP contribution in [-0.2, 0) is 19.9 Å². The molecule has 0 N–H and O–H groups in total. The largest absolute Gasteiger partial charge is 0.444 e. The molecule has 0 saturated carbocycles. The highest BCUT2D eigenvalue weighted by atomic mass is 35.5. The summed E-state index contributed by atoms with van der Waals surface area (Å²) in [6.45, 7) is 9.90. The van der Waals surface area contributed by atoms with Gasteiger partial charge in [-0.15, -0.1) is 12.4 Å². The predicted molar refractivity (Wildman–Crippen MR) is 111 cm³/mol. The van der Waals surface area contributed by atoms with Crippen LogP contribution in [0.2, 0.25) is 0 Å². The average Bonchev–Trinajstić information content (AvgIpc) is 2.68. The highest BCUT2D eigenvalue weighted by molar-refractivity contribution is 5.86. The number of hydrogen-bond acceptors (Lipinski definition) is 4. The molecule has 0 spiro atoms. The predicted octanol–water partition coefficient (Wildman–Crippen LogP) is 4.62. The van der Waals surface area contributed by atoms with Crippen LogP contribution in [0, 0.1) is 0 Å². The van der Waals surface area contributed by atoms with Gasteiger partial charge in [0, 0.05) is 6.61 Å². The van der Waals surface area contributed by atoms with E-state index in [0.29, 0.717) is 6.61 Å². The zero-order chi connectivity index (χ0) is 19.0. The number of carbonyl (C=O) groups is 1. The van der Waals surface area contributed by atoms with E-state index in [1.807, 2.05) is 74.5 Å². The SMILES string of the molecule is CCOC(C(=O)OC(C)N(CC)CC)(c1ccccc1)c1ccccc1.Cl. The number of hydrogen-bond donors (Lipinski definition) is 0. The lowest BCUT2D eigenvalue weighted by molar-refractivity contribution is -0.181. The van der Waals surface area contributed by atoms with Gasteiger partial charge in [0.05, 0.1) is 0 Å². The molecule has 148 valence electrons. The molecule has 2 aromatic rings.